The Hall–Kier alpha value is -1.65. The zero-order valence-corrected chi connectivity index (χ0v) is 8.59. The van der Waals surface area contributed by atoms with Crippen molar-refractivity contribution in [3.8, 4) is 5.75 Å². The summed E-state index contributed by atoms with van der Waals surface area (Å²) < 4.78 is 31.7. The number of halogens is 2. The van der Waals surface area contributed by atoms with Gasteiger partial charge in [0.25, 0.3) is 0 Å². The van der Waals surface area contributed by atoms with E-state index in [1.807, 2.05) is 0 Å². The van der Waals surface area contributed by atoms with Gasteiger partial charge in [0.1, 0.15) is 5.82 Å². The van der Waals surface area contributed by atoms with Gasteiger partial charge >= 0.3 is 5.97 Å². The normalized spacial score (nSPS) is 16.9. The maximum Gasteiger partial charge on any atom is 0.314 e. The van der Waals surface area contributed by atoms with E-state index in [4.69, 9.17) is 9.84 Å². The van der Waals surface area contributed by atoms with Crippen LogP contribution in [0, 0.1) is 11.6 Å². The minimum absolute atomic E-state index is 0.178. The van der Waals surface area contributed by atoms with E-state index in [0.717, 1.165) is 12.1 Å². The van der Waals surface area contributed by atoms with Crippen LogP contribution in [0.1, 0.15) is 18.4 Å². The third-order valence-corrected chi connectivity index (χ3v) is 2.90. The van der Waals surface area contributed by atoms with Crippen LogP contribution in [0.25, 0.3) is 0 Å². The first kappa shape index (κ1) is 10.9. The van der Waals surface area contributed by atoms with Crippen molar-refractivity contribution in [3.63, 3.8) is 0 Å². The fourth-order valence-electron chi connectivity index (χ4n) is 1.87. The van der Waals surface area contributed by atoms with Crippen molar-refractivity contribution >= 4 is 5.97 Å². The fraction of sp³-hybridized carbons (Fsp3) is 0.364. The van der Waals surface area contributed by atoms with Gasteiger partial charge in [-0.15, -0.1) is 0 Å². The largest absolute Gasteiger partial charge is 0.493 e. The lowest BCUT2D eigenvalue weighted by Gasteiger charge is -2.15. The summed E-state index contributed by atoms with van der Waals surface area (Å²) in [6.07, 6.45) is 0.609. The van der Waals surface area contributed by atoms with Gasteiger partial charge in [0.15, 0.2) is 11.6 Å². The Bertz CT molecular complexity index is 453. The summed E-state index contributed by atoms with van der Waals surface area (Å²) >= 11 is 0. The maximum atomic E-state index is 13.6. The third kappa shape index (κ3) is 1.35. The van der Waals surface area contributed by atoms with Crippen LogP contribution in [-0.4, -0.2) is 18.2 Å². The number of hydrogen-bond donors (Lipinski definition) is 1. The Morgan fingerprint density at radius 3 is 2.38 bits per heavy atom. The van der Waals surface area contributed by atoms with Crippen molar-refractivity contribution in [2.24, 2.45) is 0 Å². The van der Waals surface area contributed by atoms with Crippen LogP contribution in [0.15, 0.2) is 12.1 Å². The van der Waals surface area contributed by atoms with Gasteiger partial charge in [-0.2, -0.15) is 0 Å². The molecule has 0 heterocycles. The van der Waals surface area contributed by atoms with Gasteiger partial charge in [-0.1, -0.05) is 0 Å². The molecule has 1 aliphatic rings. The second kappa shape index (κ2) is 3.43. The van der Waals surface area contributed by atoms with E-state index in [9.17, 15) is 13.6 Å². The summed E-state index contributed by atoms with van der Waals surface area (Å²) in [4.78, 5) is 11.1. The van der Waals surface area contributed by atoms with E-state index in [0.29, 0.717) is 12.8 Å². The Morgan fingerprint density at radius 1 is 1.38 bits per heavy atom. The van der Waals surface area contributed by atoms with Crippen molar-refractivity contribution in [1.29, 1.82) is 0 Å². The summed E-state index contributed by atoms with van der Waals surface area (Å²) in [5.74, 6) is -2.93. The van der Waals surface area contributed by atoms with E-state index in [1.165, 1.54) is 7.11 Å². The smallest absolute Gasteiger partial charge is 0.314 e. The van der Waals surface area contributed by atoms with Gasteiger partial charge in [-0.3, -0.25) is 4.79 Å². The molecule has 3 nitrogen and oxygen atoms in total. The Balaban J connectivity index is 2.64. The lowest BCUT2D eigenvalue weighted by atomic mass is 9.94. The van der Waals surface area contributed by atoms with E-state index in [-0.39, 0.29) is 11.3 Å². The zero-order valence-electron chi connectivity index (χ0n) is 8.59. The van der Waals surface area contributed by atoms with E-state index in [1.54, 1.807) is 0 Å². The molecule has 1 fully saturated rings. The van der Waals surface area contributed by atoms with Crippen LogP contribution in [0.5, 0.6) is 5.75 Å². The van der Waals surface area contributed by atoms with Crippen LogP contribution in [0.2, 0.25) is 0 Å². The molecule has 5 heteroatoms. The summed E-state index contributed by atoms with van der Waals surface area (Å²) in [6.45, 7) is 0. The molecule has 1 saturated carbocycles. The van der Waals surface area contributed by atoms with Crippen molar-refractivity contribution in [2.75, 3.05) is 7.11 Å². The quantitative estimate of drug-likeness (QED) is 0.861. The highest BCUT2D eigenvalue weighted by atomic mass is 19.1. The SMILES string of the molecule is COc1c(F)ccc(F)c1C1(C(=O)O)CC1. The highest BCUT2D eigenvalue weighted by molar-refractivity contribution is 5.86. The van der Waals surface area contributed by atoms with Crippen LogP contribution in [0.3, 0.4) is 0 Å². The molecule has 1 aromatic carbocycles. The Labute approximate surface area is 90.7 Å². The molecule has 0 radical (unpaired) electrons. The number of methoxy groups -OCH3 is 1. The molecule has 0 saturated heterocycles. The van der Waals surface area contributed by atoms with Crippen molar-refractivity contribution in [2.45, 2.75) is 18.3 Å². The van der Waals surface area contributed by atoms with Crippen LogP contribution < -0.4 is 4.74 Å². The molecule has 2 rings (SSSR count). The predicted molar refractivity (Wildman–Crippen MR) is 51.5 cm³/mol. The zero-order chi connectivity index (χ0) is 11.9. The number of carboxylic acid groups (broad SMARTS) is 1. The van der Waals surface area contributed by atoms with Crippen LogP contribution in [-0.2, 0) is 10.2 Å². The third-order valence-electron chi connectivity index (χ3n) is 2.90. The molecule has 1 N–H and O–H groups in total. The fourth-order valence-corrected chi connectivity index (χ4v) is 1.87. The summed E-state index contributed by atoms with van der Waals surface area (Å²) in [6, 6.07) is 1.85. The molecule has 0 aromatic heterocycles. The maximum absolute atomic E-state index is 13.6. The molecule has 0 aliphatic heterocycles. The van der Waals surface area contributed by atoms with Crippen molar-refractivity contribution in [1.82, 2.24) is 0 Å². The number of carbonyl (C=O) groups is 1. The summed E-state index contributed by atoms with van der Waals surface area (Å²) in [5.41, 5.74) is -1.49. The molecule has 0 unspecified atom stereocenters. The van der Waals surface area contributed by atoms with Gasteiger partial charge in [-0.25, -0.2) is 8.78 Å². The van der Waals surface area contributed by atoms with Crippen molar-refractivity contribution < 1.29 is 23.4 Å². The Kier molecular flexibility index (Phi) is 2.33. The highest BCUT2D eigenvalue weighted by Crippen LogP contribution is 2.52. The van der Waals surface area contributed by atoms with Gasteiger partial charge in [0, 0.05) is 0 Å². The number of aliphatic carboxylic acids is 1. The minimum atomic E-state index is -1.31. The molecule has 0 atom stereocenters. The molecular formula is C11H10F2O3. The van der Waals surface area contributed by atoms with Gasteiger partial charge in [-0.05, 0) is 25.0 Å². The molecule has 0 amide bonds. The predicted octanol–water partition coefficient (Wildman–Crippen LogP) is 2.09. The average Bonchev–Trinajstić information content (AvgIpc) is 3.02. The standard InChI is InChI=1S/C11H10F2O3/c1-16-9-7(13)3-2-6(12)8(9)11(4-5-11)10(14)15/h2-3H,4-5H2,1H3,(H,14,15). The first-order valence-electron chi connectivity index (χ1n) is 4.79. The van der Waals surface area contributed by atoms with E-state index in [2.05, 4.69) is 0 Å². The van der Waals surface area contributed by atoms with Crippen LogP contribution in [0.4, 0.5) is 8.78 Å². The number of rotatable bonds is 3. The molecule has 1 aliphatic carbocycles. The number of benzene rings is 1. The number of ether oxygens (including phenoxy) is 1. The average molecular weight is 228 g/mol. The van der Waals surface area contributed by atoms with Gasteiger partial charge < -0.3 is 9.84 Å². The monoisotopic (exact) mass is 228 g/mol. The van der Waals surface area contributed by atoms with E-state index >= 15 is 0 Å². The highest BCUT2D eigenvalue weighted by Gasteiger charge is 2.55. The summed E-state index contributed by atoms with van der Waals surface area (Å²) in [7, 11) is 1.19. The lowest BCUT2D eigenvalue weighted by molar-refractivity contribution is -0.140. The first-order chi connectivity index (χ1) is 7.53. The lowest BCUT2D eigenvalue weighted by Crippen LogP contribution is -2.22. The van der Waals surface area contributed by atoms with Crippen molar-refractivity contribution in [3.05, 3.63) is 29.3 Å². The molecular weight excluding hydrogens is 218 g/mol. The second-order valence-electron chi connectivity index (χ2n) is 3.82. The molecule has 1 aromatic rings. The Morgan fingerprint density at radius 2 is 1.94 bits per heavy atom. The van der Waals surface area contributed by atoms with Crippen LogP contribution >= 0.6 is 0 Å². The van der Waals surface area contributed by atoms with E-state index < -0.39 is 23.0 Å². The van der Waals surface area contributed by atoms with Gasteiger partial charge in [0.2, 0.25) is 0 Å². The number of hydrogen-bond acceptors (Lipinski definition) is 2. The number of carboxylic acids is 1. The first-order valence-corrected chi connectivity index (χ1v) is 4.79. The molecule has 0 spiro atoms. The van der Waals surface area contributed by atoms with Gasteiger partial charge in [0.05, 0.1) is 18.1 Å². The topological polar surface area (TPSA) is 46.5 Å². The summed E-state index contributed by atoms with van der Waals surface area (Å²) in [5, 5.41) is 9.05. The second-order valence-corrected chi connectivity index (χ2v) is 3.82. The molecule has 0 bridgehead atoms. The molecule has 16 heavy (non-hydrogen) atoms. The molecule has 86 valence electrons. The minimum Gasteiger partial charge on any atom is -0.493 e.